The van der Waals surface area contributed by atoms with Crippen LogP contribution >= 0.6 is 11.5 Å². The molecule has 2 heterocycles. The Labute approximate surface area is 99.1 Å². The molecule has 1 saturated heterocycles. The Morgan fingerprint density at radius 2 is 2.50 bits per heavy atom. The molecule has 1 aliphatic rings. The Kier molecular flexibility index (Phi) is 3.25. The molecule has 4 nitrogen and oxygen atoms in total. The number of hydrogen-bond acceptors (Lipinski definition) is 4. The molecule has 2 rings (SSSR count). The van der Waals surface area contributed by atoms with Gasteiger partial charge in [-0.2, -0.15) is 4.37 Å². The average molecular weight is 240 g/mol. The zero-order chi connectivity index (χ0) is 11.7. The van der Waals surface area contributed by atoms with Crippen LogP contribution in [-0.4, -0.2) is 39.5 Å². The predicted octanol–water partition coefficient (Wildman–Crippen LogP) is 1.29. The lowest BCUT2D eigenvalue weighted by Crippen LogP contribution is -2.30. The third-order valence-corrected chi connectivity index (χ3v) is 3.89. The quantitative estimate of drug-likeness (QED) is 0.847. The maximum atomic E-state index is 12.1. The second-order valence-corrected chi connectivity index (χ2v) is 4.98. The minimum Gasteiger partial charge on any atom is -0.393 e. The number of aryl methyl sites for hydroxylation is 1. The number of hydrogen-bond donors (Lipinski definition) is 1. The van der Waals surface area contributed by atoms with Crippen molar-refractivity contribution >= 4 is 17.4 Å². The molecule has 1 fully saturated rings. The molecule has 2 atom stereocenters. The number of rotatable bonds is 2. The maximum Gasteiger partial charge on any atom is 0.256 e. The predicted molar refractivity (Wildman–Crippen MR) is 62.5 cm³/mol. The summed E-state index contributed by atoms with van der Waals surface area (Å²) in [5, 5.41) is 11.3. The Bertz CT molecular complexity index is 389. The lowest BCUT2D eigenvalue weighted by atomic mass is 10.0. The number of carbonyl (C=O) groups excluding carboxylic acids is 1. The van der Waals surface area contributed by atoms with Gasteiger partial charge in [0.1, 0.15) is 0 Å². The first-order valence-corrected chi connectivity index (χ1v) is 6.31. The summed E-state index contributed by atoms with van der Waals surface area (Å²) in [6.45, 7) is 5.04. The van der Waals surface area contributed by atoms with Gasteiger partial charge in [0.05, 0.1) is 17.4 Å². The van der Waals surface area contributed by atoms with Crippen molar-refractivity contribution in [3.8, 4) is 0 Å². The minimum absolute atomic E-state index is 0.0504. The third kappa shape index (κ3) is 2.10. The van der Waals surface area contributed by atoms with Crippen molar-refractivity contribution in [3.63, 3.8) is 0 Å². The number of likely N-dealkylation sites (tertiary alicyclic amines) is 1. The summed E-state index contributed by atoms with van der Waals surface area (Å²) < 4.78 is 4.11. The number of nitrogens with zero attached hydrogens (tertiary/aromatic N) is 2. The fourth-order valence-corrected chi connectivity index (χ4v) is 2.72. The van der Waals surface area contributed by atoms with E-state index in [-0.39, 0.29) is 17.9 Å². The summed E-state index contributed by atoms with van der Waals surface area (Å²) in [5.74, 6) is 0.269. The average Bonchev–Trinajstić information content (AvgIpc) is 2.84. The smallest absolute Gasteiger partial charge is 0.256 e. The highest BCUT2D eigenvalue weighted by Crippen LogP contribution is 2.22. The van der Waals surface area contributed by atoms with Gasteiger partial charge in [-0.1, -0.05) is 0 Å². The van der Waals surface area contributed by atoms with Crippen molar-refractivity contribution in [2.75, 3.05) is 13.1 Å². The summed E-state index contributed by atoms with van der Waals surface area (Å²) in [6.07, 6.45) is 0.555. The summed E-state index contributed by atoms with van der Waals surface area (Å²) in [4.78, 5) is 13.9. The van der Waals surface area contributed by atoms with E-state index in [4.69, 9.17) is 0 Å². The standard InChI is InChI=1S/C11H16N2O2S/c1-7-10(6-16-12-7)11(15)13-4-3-9(5-13)8(2)14/h6,8-9,14H,3-5H2,1-2H3. The van der Waals surface area contributed by atoms with E-state index >= 15 is 0 Å². The topological polar surface area (TPSA) is 53.4 Å². The molecule has 0 spiro atoms. The van der Waals surface area contributed by atoms with Crippen molar-refractivity contribution in [1.29, 1.82) is 0 Å². The third-order valence-electron chi connectivity index (χ3n) is 3.17. The highest BCUT2D eigenvalue weighted by atomic mass is 32.1. The van der Waals surface area contributed by atoms with Crippen molar-refractivity contribution in [2.45, 2.75) is 26.4 Å². The van der Waals surface area contributed by atoms with E-state index in [0.717, 1.165) is 18.7 Å². The van der Waals surface area contributed by atoms with Gasteiger partial charge in [-0.05, 0) is 31.8 Å². The van der Waals surface area contributed by atoms with Crippen LogP contribution in [0.5, 0.6) is 0 Å². The first-order valence-electron chi connectivity index (χ1n) is 5.48. The summed E-state index contributed by atoms with van der Waals surface area (Å²) >= 11 is 1.31. The molecule has 1 aromatic heterocycles. The van der Waals surface area contributed by atoms with E-state index < -0.39 is 0 Å². The van der Waals surface area contributed by atoms with Gasteiger partial charge in [-0.15, -0.1) is 0 Å². The van der Waals surface area contributed by atoms with Gasteiger partial charge in [-0.25, -0.2) is 0 Å². The van der Waals surface area contributed by atoms with E-state index in [0.29, 0.717) is 12.1 Å². The van der Waals surface area contributed by atoms with Gasteiger partial charge in [0.2, 0.25) is 0 Å². The largest absolute Gasteiger partial charge is 0.393 e. The molecule has 0 saturated carbocycles. The number of aliphatic hydroxyl groups excluding tert-OH is 1. The Balaban J connectivity index is 2.05. The molecule has 88 valence electrons. The minimum atomic E-state index is -0.334. The molecule has 1 N–H and O–H groups in total. The van der Waals surface area contributed by atoms with Crippen molar-refractivity contribution in [3.05, 3.63) is 16.6 Å². The van der Waals surface area contributed by atoms with Crippen LogP contribution in [0.4, 0.5) is 0 Å². The fraction of sp³-hybridized carbons (Fsp3) is 0.636. The van der Waals surface area contributed by atoms with Crippen molar-refractivity contribution in [1.82, 2.24) is 9.27 Å². The van der Waals surface area contributed by atoms with Gasteiger partial charge in [0.25, 0.3) is 5.91 Å². The molecule has 0 bridgehead atoms. The van der Waals surface area contributed by atoms with Crippen molar-refractivity contribution < 1.29 is 9.90 Å². The molecular weight excluding hydrogens is 224 g/mol. The fourth-order valence-electron chi connectivity index (χ4n) is 2.03. The maximum absolute atomic E-state index is 12.1. The van der Waals surface area contributed by atoms with Crippen LogP contribution in [0.25, 0.3) is 0 Å². The van der Waals surface area contributed by atoms with Gasteiger partial charge in [-0.3, -0.25) is 4.79 Å². The van der Waals surface area contributed by atoms with Crippen LogP contribution in [0.3, 0.4) is 0 Å². The van der Waals surface area contributed by atoms with E-state index in [9.17, 15) is 9.90 Å². The second kappa shape index (κ2) is 4.51. The Hall–Kier alpha value is -0.940. The summed E-state index contributed by atoms with van der Waals surface area (Å²) in [6, 6.07) is 0. The zero-order valence-electron chi connectivity index (χ0n) is 9.51. The van der Waals surface area contributed by atoms with Crippen LogP contribution in [0.15, 0.2) is 5.38 Å². The van der Waals surface area contributed by atoms with E-state index in [1.165, 1.54) is 11.5 Å². The Morgan fingerprint density at radius 3 is 3.00 bits per heavy atom. The monoisotopic (exact) mass is 240 g/mol. The summed E-state index contributed by atoms with van der Waals surface area (Å²) in [5.41, 5.74) is 1.51. The van der Waals surface area contributed by atoms with Crippen molar-refractivity contribution in [2.24, 2.45) is 5.92 Å². The molecule has 2 unspecified atom stereocenters. The lowest BCUT2D eigenvalue weighted by molar-refractivity contribution is 0.0762. The highest BCUT2D eigenvalue weighted by molar-refractivity contribution is 7.03. The first kappa shape index (κ1) is 11.5. The molecule has 16 heavy (non-hydrogen) atoms. The van der Waals surface area contributed by atoms with E-state index in [1.807, 2.05) is 11.8 Å². The van der Waals surface area contributed by atoms with E-state index in [2.05, 4.69) is 4.37 Å². The van der Waals surface area contributed by atoms with Gasteiger partial charge < -0.3 is 10.0 Å². The van der Waals surface area contributed by atoms with Gasteiger partial charge in [0.15, 0.2) is 0 Å². The van der Waals surface area contributed by atoms with Crippen LogP contribution in [0.1, 0.15) is 29.4 Å². The summed E-state index contributed by atoms with van der Waals surface area (Å²) in [7, 11) is 0. The zero-order valence-corrected chi connectivity index (χ0v) is 10.3. The first-order chi connectivity index (χ1) is 7.59. The van der Waals surface area contributed by atoms with Gasteiger partial charge >= 0.3 is 0 Å². The highest BCUT2D eigenvalue weighted by Gasteiger charge is 2.30. The molecule has 1 amide bonds. The number of carbonyl (C=O) groups is 1. The van der Waals surface area contributed by atoms with Crippen LogP contribution in [-0.2, 0) is 0 Å². The van der Waals surface area contributed by atoms with Gasteiger partial charge in [0, 0.05) is 24.4 Å². The normalized spacial score (nSPS) is 22.4. The molecule has 0 aromatic carbocycles. The molecule has 1 aromatic rings. The van der Waals surface area contributed by atoms with Crippen LogP contribution in [0.2, 0.25) is 0 Å². The number of aromatic nitrogens is 1. The van der Waals surface area contributed by atoms with Crippen LogP contribution in [0, 0.1) is 12.8 Å². The van der Waals surface area contributed by atoms with Crippen LogP contribution < -0.4 is 0 Å². The lowest BCUT2D eigenvalue weighted by Gasteiger charge is -2.17. The molecule has 0 aliphatic carbocycles. The molecule has 1 aliphatic heterocycles. The Morgan fingerprint density at radius 1 is 1.75 bits per heavy atom. The molecular formula is C11H16N2O2S. The van der Waals surface area contributed by atoms with E-state index in [1.54, 1.807) is 12.3 Å². The number of aliphatic hydroxyl groups is 1. The molecule has 5 heteroatoms. The molecule has 0 radical (unpaired) electrons. The number of amides is 1. The second-order valence-electron chi connectivity index (χ2n) is 4.35. The SMILES string of the molecule is Cc1nscc1C(=O)N1CCC(C(C)O)C1.